The van der Waals surface area contributed by atoms with Crippen LogP contribution >= 0.6 is 11.6 Å². The third kappa shape index (κ3) is 4.97. The van der Waals surface area contributed by atoms with Crippen LogP contribution in [0.5, 0.6) is 0 Å². The summed E-state index contributed by atoms with van der Waals surface area (Å²) in [5, 5.41) is 15.3. The molecule has 1 heterocycles. The average Bonchev–Trinajstić information content (AvgIpc) is 2.95. The highest BCUT2D eigenvalue weighted by Crippen LogP contribution is 2.24. The Balaban J connectivity index is 1.81. The van der Waals surface area contributed by atoms with Crippen LogP contribution in [0.3, 0.4) is 0 Å². The van der Waals surface area contributed by atoms with Gasteiger partial charge in [-0.2, -0.15) is 0 Å². The second-order valence-corrected chi connectivity index (χ2v) is 6.60. The first-order chi connectivity index (χ1) is 10.9. The predicted octanol–water partition coefficient (Wildman–Crippen LogP) is 2.37. The molecule has 0 aromatic heterocycles. The molecule has 1 aliphatic rings. The van der Waals surface area contributed by atoms with Crippen LogP contribution in [0.1, 0.15) is 20.3 Å². The number of halogens is 2. The normalized spacial score (nSPS) is 19.0. The molecule has 1 aliphatic heterocycles. The number of hydrogen-bond donors (Lipinski definition) is 3. The molecule has 1 aromatic rings. The summed E-state index contributed by atoms with van der Waals surface area (Å²) < 4.78 is 13.5. The lowest BCUT2D eigenvalue weighted by molar-refractivity contribution is 0.124. The molecule has 3 N–H and O–H groups in total. The lowest BCUT2D eigenvalue weighted by atomic mass is 10.1. The Morgan fingerprint density at radius 1 is 1.52 bits per heavy atom. The number of rotatable bonds is 5. The number of aliphatic hydroxyl groups excluding tert-OH is 1. The zero-order valence-electron chi connectivity index (χ0n) is 13.4. The number of nitrogens with zero attached hydrogens (tertiary/aromatic N) is 1. The van der Waals surface area contributed by atoms with Crippen LogP contribution in [0.4, 0.5) is 14.9 Å². The number of carbonyl (C=O) groups is 1. The maximum Gasteiger partial charge on any atom is 0.315 e. The van der Waals surface area contributed by atoms with Crippen LogP contribution in [-0.2, 0) is 0 Å². The van der Waals surface area contributed by atoms with Gasteiger partial charge in [-0.1, -0.05) is 25.4 Å². The first-order valence-corrected chi connectivity index (χ1v) is 8.17. The van der Waals surface area contributed by atoms with E-state index in [-0.39, 0.29) is 29.6 Å². The highest BCUT2D eigenvalue weighted by atomic mass is 35.5. The minimum atomic E-state index is -0.558. The van der Waals surface area contributed by atoms with Crippen molar-refractivity contribution < 1.29 is 14.3 Å². The molecule has 2 unspecified atom stereocenters. The number of nitrogens with one attached hydrogen (secondary N) is 2. The zero-order valence-corrected chi connectivity index (χ0v) is 14.1. The van der Waals surface area contributed by atoms with E-state index in [0.717, 1.165) is 18.7 Å². The molecule has 2 atom stereocenters. The molecule has 1 saturated heterocycles. The smallest absolute Gasteiger partial charge is 0.315 e. The first kappa shape index (κ1) is 17.8. The Kier molecular flexibility index (Phi) is 6.07. The van der Waals surface area contributed by atoms with E-state index in [1.54, 1.807) is 6.07 Å². The summed E-state index contributed by atoms with van der Waals surface area (Å²) in [7, 11) is 0. The summed E-state index contributed by atoms with van der Waals surface area (Å²) in [5.74, 6) is -0.349. The average molecular weight is 344 g/mol. The Bertz CT molecular complexity index is 556. The molecule has 2 amide bonds. The van der Waals surface area contributed by atoms with Gasteiger partial charge in [0.05, 0.1) is 11.1 Å². The molecule has 0 spiro atoms. The fraction of sp³-hybridized carbons (Fsp3) is 0.562. The number of carbonyl (C=O) groups excluding carboxylic acids is 1. The Morgan fingerprint density at radius 3 is 2.91 bits per heavy atom. The minimum Gasteiger partial charge on any atom is -0.391 e. The van der Waals surface area contributed by atoms with Gasteiger partial charge in [-0.3, -0.25) is 0 Å². The van der Waals surface area contributed by atoms with Crippen LogP contribution in [0.2, 0.25) is 5.02 Å². The highest BCUT2D eigenvalue weighted by molar-refractivity contribution is 6.30. The van der Waals surface area contributed by atoms with E-state index >= 15 is 0 Å². The van der Waals surface area contributed by atoms with E-state index < -0.39 is 11.9 Å². The Morgan fingerprint density at radius 2 is 2.26 bits per heavy atom. The van der Waals surface area contributed by atoms with Crippen molar-refractivity contribution >= 4 is 23.3 Å². The summed E-state index contributed by atoms with van der Waals surface area (Å²) >= 11 is 5.69. The van der Waals surface area contributed by atoms with Crippen LogP contribution in [0.15, 0.2) is 18.2 Å². The lowest BCUT2D eigenvalue weighted by Crippen LogP contribution is -2.46. The van der Waals surface area contributed by atoms with Crippen molar-refractivity contribution in [2.24, 2.45) is 5.92 Å². The quantitative estimate of drug-likeness (QED) is 0.769. The molecule has 128 valence electrons. The number of aliphatic hydroxyl groups is 1. The van der Waals surface area contributed by atoms with Crippen molar-refractivity contribution in [1.29, 1.82) is 0 Å². The third-order valence-electron chi connectivity index (χ3n) is 4.03. The summed E-state index contributed by atoms with van der Waals surface area (Å²) in [6.07, 6.45) is 0.225. The van der Waals surface area contributed by atoms with Gasteiger partial charge >= 0.3 is 6.03 Å². The predicted molar refractivity (Wildman–Crippen MR) is 89.4 cm³/mol. The molecule has 23 heavy (non-hydrogen) atoms. The monoisotopic (exact) mass is 343 g/mol. The summed E-state index contributed by atoms with van der Waals surface area (Å²) in [4.78, 5) is 13.8. The number of anilines is 1. The van der Waals surface area contributed by atoms with Crippen molar-refractivity contribution in [1.82, 2.24) is 10.6 Å². The molecule has 1 fully saturated rings. The topological polar surface area (TPSA) is 64.6 Å². The SMILES string of the molecule is CC(C)C(O)CNC(=O)NC1CCN(c2ccc(Cl)c(F)c2)C1. The minimum absolute atomic E-state index is 0.00932. The summed E-state index contributed by atoms with van der Waals surface area (Å²) in [6.45, 7) is 5.36. The van der Waals surface area contributed by atoms with Gasteiger partial charge in [0, 0.05) is 31.4 Å². The van der Waals surface area contributed by atoms with Gasteiger partial charge in [0.2, 0.25) is 0 Å². The highest BCUT2D eigenvalue weighted by Gasteiger charge is 2.24. The van der Waals surface area contributed by atoms with E-state index in [1.807, 2.05) is 18.7 Å². The molecular weight excluding hydrogens is 321 g/mol. The molecular formula is C16H23ClFN3O2. The largest absolute Gasteiger partial charge is 0.391 e. The molecule has 0 radical (unpaired) electrons. The molecule has 0 aliphatic carbocycles. The van der Waals surface area contributed by atoms with Gasteiger partial charge in [0.25, 0.3) is 0 Å². The fourth-order valence-electron chi connectivity index (χ4n) is 2.46. The molecule has 1 aromatic carbocycles. The van der Waals surface area contributed by atoms with Gasteiger partial charge in [-0.05, 0) is 30.5 Å². The molecule has 0 bridgehead atoms. The van der Waals surface area contributed by atoms with E-state index in [1.165, 1.54) is 12.1 Å². The third-order valence-corrected chi connectivity index (χ3v) is 4.34. The maximum absolute atomic E-state index is 13.5. The van der Waals surface area contributed by atoms with E-state index in [0.29, 0.717) is 6.54 Å². The lowest BCUT2D eigenvalue weighted by Gasteiger charge is -2.20. The number of hydrogen-bond acceptors (Lipinski definition) is 3. The van der Waals surface area contributed by atoms with Crippen molar-refractivity contribution in [3.05, 3.63) is 29.0 Å². The second-order valence-electron chi connectivity index (χ2n) is 6.20. The van der Waals surface area contributed by atoms with Crippen LogP contribution in [-0.4, -0.2) is 42.9 Å². The van der Waals surface area contributed by atoms with E-state index in [4.69, 9.17) is 11.6 Å². The van der Waals surface area contributed by atoms with Crippen LogP contribution in [0, 0.1) is 11.7 Å². The number of amides is 2. The van der Waals surface area contributed by atoms with Crippen LogP contribution in [0.25, 0.3) is 0 Å². The fourth-order valence-corrected chi connectivity index (χ4v) is 2.58. The first-order valence-electron chi connectivity index (χ1n) is 7.79. The van der Waals surface area contributed by atoms with Crippen molar-refractivity contribution in [2.75, 3.05) is 24.5 Å². The van der Waals surface area contributed by atoms with Gasteiger partial charge in [0.1, 0.15) is 5.82 Å². The van der Waals surface area contributed by atoms with Gasteiger partial charge in [-0.15, -0.1) is 0 Å². The molecule has 5 nitrogen and oxygen atoms in total. The molecule has 2 rings (SSSR count). The van der Waals surface area contributed by atoms with Crippen LogP contribution < -0.4 is 15.5 Å². The second kappa shape index (κ2) is 7.84. The van der Waals surface area contributed by atoms with E-state index in [9.17, 15) is 14.3 Å². The number of urea groups is 1. The summed E-state index contributed by atoms with van der Waals surface area (Å²) in [6, 6.07) is 4.41. The Hall–Kier alpha value is -1.53. The van der Waals surface area contributed by atoms with Crippen molar-refractivity contribution in [3.8, 4) is 0 Å². The Labute approximate surface area is 140 Å². The molecule has 7 heteroatoms. The van der Waals surface area contributed by atoms with Crippen molar-refractivity contribution in [3.63, 3.8) is 0 Å². The number of benzene rings is 1. The standard InChI is InChI=1S/C16H23ClFN3O2/c1-10(2)15(22)8-19-16(23)20-11-5-6-21(9-11)12-3-4-13(17)14(18)7-12/h3-4,7,10-11,15,22H,5-6,8-9H2,1-2H3,(H2,19,20,23). The maximum atomic E-state index is 13.5. The van der Waals surface area contributed by atoms with Crippen molar-refractivity contribution in [2.45, 2.75) is 32.4 Å². The molecule has 0 saturated carbocycles. The van der Waals surface area contributed by atoms with Gasteiger partial charge < -0.3 is 20.6 Å². The van der Waals surface area contributed by atoms with Gasteiger partial charge in [-0.25, -0.2) is 9.18 Å². The zero-order chi connectivity index (χ0) is 17.0. The summed E-state index contributed by atoms with van der Waals surface area (Å²) in [5.41, 5.74) is 0.756. The van der Waals surface area contributed by atoms with Gasteiger partial charge in [0.15, 0.2) is 0 Å². The van der Waals surface area contributed by atoms with E-state index in [2.05, 4.69) is 10.6 Å².